The fourth-order valence-corrected chi connectivity index (χ4v) is 2.20. The van der Waals surface area contributed by atoms with E-state index in [4.69, 9.17) is 0 Å². The molecule has 0 fully saturated rings. The summed E-state index contributed by atoms with van der Waals surface area (Å²) in [5.74, 6) is 0.453. The predicted octanol–water partition coefficient (Wildman–Crippen LogP) is 4.11. The molecule has 0 saturated carbocycles. The van der Waals surface area contributed by atoms with E-state index in [-0.39, 0.29) is 5.69 Å². The molecule has 0 aliphatic heterocycles. The predicted molar refractivity (Wildman–Crippen MR) is 79.4 cm³/mol. The van der Waals surface area contributed by atoms with E-state index in [9.17, 15) is 13.2 Å². The third-order valence-corrected chi connectivity index (χ3v) is 3.40. The number of nitrogens with zero attached hydrogens (tertiary/aromatic N) is 3. The molecule has 0 saturated heterocycles. The van der Waals surface area contributed by atoms with Gasteiger partial charge in [-0.25, -0.2) is 9.97 Å². The van der Waals surface area contributed by atoms with E-state index in [1.807, 2.05) is 42.4 Å². The summed E-state index contributed by atoms with van der Waals surface area (Å²) in [6, 6.07) is 10.2. The molecule has 1 aromatic carbocycles. The molecule has 7 heteroatoms. The van der Waals surface area contributed by atoms with Gasteiger partial charge in [-0.15, -0.1) is 0 Å². The fourth-order valence-electron chi connectivity index (χ4n) is 2.20. The van der Waals surface area contributed by atoms with E-state index in [0.29, 0.717) is 17.9 Å². The van der Waals surface area contributed by atoms with E-state index in [2.05, 4.69) is 15.1 Å². The van der Waals surface area contributed by atoms with Gasteiger partial charge in [0.25, 0.3) is 0 Å². The lowest BCUT2D eigenvalue weighted by molar-refractivity contribution is -0.141. The maximum absolute atomic E-state index is 12.7. The molecule has 3 rings (SSSR count). The average molecular weight is 318 g/mol. The van der Waals surface area contributed by atoms with Crippen LogP contribution in [0.3, 0.4) is 0 Å². The highest BCUT2D eigenvalue weighted by Crippen LogP contribution is 2.31. The van der Waals surface area contributed by atoms with Crippen LogP contribution in [0.25, 0.3) is 22.8 Å². The fraction of sp³-hybridized carbons (Fsp3) is 0.188. The second-order valence-electron chi connectivity index (χ2n) is 4.95. The normalized spacial score (nSPS) is 11.7. The van der Waals surface area contributed by atoms with Crippen molar-refractivity contribution in [3.63, 3.8) is 0 Å². The summed E-state index contributed by atoms with van der Waals surface area (Å²) in [7, 11) is 0. The Hall–Kier alpha value is -2.70. The van der Waals surface area contributed by atoms with Gasteiger partial charge in [0.05, 0.1) is 5.69 Å². The quantitative estimate of drug-likeness (QED) is 0.790. The van der Waals surface area contributed by atoms with E-state index < -0.39 is 11.9 Å². The zero-order chi connectivity index (χ0) is 16.4. The molecule has 0 bridgehead atoms. The molecule has 0 amide bonds. The van der Waals surface area contributed by atoms with Gasteiger partial charge in [-0.2, -0.15) is 18.3 Å². The summed E-state index contributed by atoms with van der Waals surface area (Å²) in [5, 5.41) is 5.78. The summed E-state index contributed by atoms with van der Waals surface area (Å²) in [5.41, 5.74) is 1.21. The van der Waals surface area contributed by atoms with Crippen molar-refractivity contribution in [1.82, 2.24) is 20.2 Å². The van der Waals surface area contributed by atoms with Gasteiger partial charge in [0.2, 0.25) is 0 Å². The Bertz CT molecular complexity index is 810. The Morgan fingerprint density at radius 1 is 1.13 bits per heavy atom. The van der Waals surface area contributed by atoms with Gasteiger partial charge >= 0.3 is 6.18 Å². The zero-order valence-electron chi connectivity index (χ0n) is 12.2. The third-order valence-electron chi connectivity index (χ3n) is 3.40. The van der Waals surface area contributed by atoms with Crippen LogP contribution in [0.15, 0.2) is 42.6 Å². The van der Waals surface area contributed by atoms with E-state index >= 15 is 0 Å². The maximum Gasteiger partial charge on any atom is 0.432 e. The first-order chi connectivity index (χ1) is 11.0. The lowest BCUT2D eigenvalue weighted by Crippen LogP contribution is -2.04. The summed E-state index contributed by atoms with van der Waals surface area (Å²) in [6.07, 6.45) is -2.24. The molecular formula is C16H13F3N4. The Balaban J connectivity index is 2.09. The van der Waals surface area contributed by atoms with Crippen molar-refractivity contribution in [1.29, 1.82) is 0 Å². The summed E-state index contributed by atoms with van der Waals surface area (Å²) < 4.78 is 38.2. The highest BCUT2D eigenvalue weighted by molar-refractivity contribution is 5.64. The largest absolute Gasteiger partial charge is 0.432 e. The van der Waals surface area contributed by atoms with Gasteiger partial charge in [0.1, 0.15) is 11.4 Å². The molecular weight excluding hydrogens is 305 g/mol. The third kappa shape index (κ3) is 3.08. The van der Waals surface area contributed by atoms with Gasteiger partial charge in [-0.3, -0.25) is 5.10 Å². The van der Waals surface area contributed by atoms with Crippen LogP contribution in [0.5, 0.6) is 0 Å². The number of aromatic nitrogens is 4. The number of aryl methyl sites for hydroxylation is 1. The Morgan fingerprint density at radius 3 is 2.48 bits per heavy atom. The number of aromatic amines is 1. The Labute approximate surface area is 130 Å². The second-order valence-corrected chi connectivity index (χ2v) is 4.95. The average Bonchev–Trinajstić information content (AvgIpc) is 3.05. The van der Waals surface area contributed by atoms with Crippen LogP contribution in [0.1, 0.15) is 18.2 Å². The number of benzene rings is 1. The lowest BCUT2D eigenvalue weighted by atomic mass is 10.1. The highest BCUT2D eigenvalue weighted by Gasteiger charge is 2.33. The zero-order valence-corrected chi connectivity index (χ0v) is 12.2. The van der Waals surface area contributed by atoms with Gasteiger partial charge in [0, 0.05) is 11.8 Å². The number of alkyl halides is 3. The van der Waals surface area contributed by atoms with Crippen LogP contribution in [0.2, 0.25) is 0 Å². The number of H-pyrrole nitrogens is 1. The van der Waals surface area contributed by atoms with Gasteiger partial charge in [-0.05, 0) is 18.1 Å². The first-order valence-electron chi connectivity index (χ1n) is 7.03. The van der Waals surface area contributed by atoms with Crippen molar-refractivity contribution in [2.45, 2.75) is 19.5 Å². The number of halogens is 3. The molecule has 0 aliphatic carbocycles. The van der Waals surface area contributed by atoms with Crippen LogP contribution in [0.4, 0.5) is 13.2 Å². The van der Waals surface area contributed by atoms with Crippen molar-refractivity contribution in [3.8, 4) is 22.8 Å². The Kier molecular flexibility index (Phi) is 3.85. The Morgan fingerprint density at radius 2 is 1.87 bits per heavy atom. The number of nitrogens with one attached hydrogen (secondary N) is 1. The molecule has 3 aromatic rings. The van der Waals surface area contributed by atoms with Gasteiger partial charge in [-0.1, -0.05) is 37.3 Å². The summed E-state index contributed by atoms with van der Waals surface area (Å²) >= 11 is 0. The highest BCUT2D eigenvalue weighted by atomic mass is 19.4. The smallest absolute Gasteiger partial charge is 0.273 e. The minimum atomic E-state index is -4.47. The molecule has 1 N–H and O–H groups in total. The van der Waals surface area contributed by atoms with Crippen molar-refractivity contribution in [2.24, 2.45) is 0 Å². The monoisotopic (exact) mass is 318 g/mol. The molecule has 0 unspecified atom stereocenters. The molecule has 0 atom stereocenters. The maximum atomic E-state index is 12.7. The SMILES string of the molecule is CCc1cnc(-c2ccccc2)nc1-c1cc(C(F)(F)F)[nH]n1. The van der Waals surface area contributed by atoms with Crippen LogP contribution in [-0.4, -0.2) is 20.2 Å². The summed E-state index contributed by atoms with van der Waals surface area (Å²) in [4.78, 5) is 8.71. The molecule has 23 heavy (non-hydrogen) atoms. The van der Waals surface area contributed by atoms with Crippen LogP contribution in [0, 0.1) is 0 Å². The number of hydrogen-bond acceptors (Lipinski definition) is 3. The number of rotatable bonds is 3. The molecule has 118 valence electrons. The van der Waals surface area contributed by atoms with Crippen molar-refractivity contribution in [3.05, 3.63) is 53.9 Å². The van der Waals surface area contributed by atoms with Crippen LogP contribution in [-0.2, 0) is 12.6 Å². The van der Waals surface area contributed by atoms with Gasteiger partial charge < -0.3 is 0 Å². The van der Waals surface area contributed by atoms with Crippen molar-refractivity contribution in [2.75, 3.05) is 0 Å². The van der Waals surface area contributed by atoms with E-state index in [1.54, 1.807) is 6.20 Å². The molecule has 0 spiro atoms. The number of hydrogen-bond donors (Lipinski definition) is 1. The molecule has 2 heterocycles. The van der Waals surface area contributed by atoms with Crippen LogP contribution < -0.4 is 0 Å². The molecule has 0 aliphatic rings. The topological polar surface area (TPSA) is 54.5 Å². The van der Waals surface area contributed by atoms with Crippen molar-refractivity contribution < 1.29 is 13.2 Å². The van der Waals surface area contributed by atoms with E-state index in [0.717, 1.165) is 17.2 Å². The molecule has 0 radical (unpaired) electrons. The first kappa shape index (κ1) is 15.2. The minimum absolute atomic E-state index is 0.161. The second kappa shape index (κ2) is 5.83. The van der Waals surface area contributed by atoms with Gasteiger partial charge in [0.15, 0.2) is 5.82 Å². The molecule has 4 nitrogen and oxygen atoms in total. The first-order valence-corrected chi connectivity index (χ1v) is 7.03. The summed E-state index contributed by atoms with van der Waals surface area (Å²) in [6.45, 7) is 1.89. The molecule has 2 aromatic heterocycles. The van der Waals surface area contributed by atoms with Crippen molar-refractivity contribution >= 4 is 0 Å². The van der Waals surface area contributed by atoms with E-state index in [1.165, 1.54) is 0 Å². The minimum Gasteiger partial charge on any atom is -0.273 e. The lowest BCUT2D eigenvalue weighted by Gasteiger charge is -2.07. The van der Waals surface area contributed by atoms with Crippen LogP contribution >= 0.6 is 0 Å². The standard InChI is InChI=1S/C16H13F3N4/c1-2-10-9-20-15(11-6-4-3-5-7-11)21-14(10)12-8-13(23-22-12)16(17,18)19/h3-9H,2H2,1H3,(H,22,23).